The van der Waals surface area contributed by atoms with Crippen LogP contribution in [0.25, 0.3) is 0 Å². The third-order valence-corrected chi connectivity index (χ3v) is 3.85. The zero-order valence-corrected chi connectivity index (χ0v) is 12.7. The zero-order chi connectivity index (χ0) is 13.4. The van der Waals surface area contributed by atoms with Gasteiger partial charge in [-0.15, -0.1) is 11.3 Å². The number of nitrogens with one attached hydrogen (secondary N) is 1. The second-order valence-electron chi connectivity index (χ2n) is 5.11. The van der Waals surface area contributed by atoms with Crippen LogP contribution in [0.4, 0.5) is 0 Å². The Morgan fingerprint density at radius 2 is 2.22 bits per heavy atom. The maximum atomic E-state index is 5.76. The Hall–Kier alpha value is -0.420. The Morgan fingerprint density at radius 1 is 1.44 bits per heavy atom. The molecular formula is C14H25NO2S. The van der Waals surface area contributed by atoms with Gasteiger partial charge in [0.1, 0.15) is 0 Å². The third-order valence-electron chi connectivity index (χ3n) is 2.97. The molecule has 0 radical (unpaired) electrons. The maximum Gasteiger partial charge on any atom is 0.0671 e. The van der Waals surface area contributed by atoms with Crippen LogP contribution in [0.15, 0.2) is 17.5 Å². The number of methoxy groups -OCH3 is 1. The Balaban J connectivity index is 2.05. The molecule has 1 rings (SSSR count). The van der Waals surface area contributed by atoms with Gasteiger partial charge in [-0.05, 0) is 38.6 Å². The predicted molar refractivity (Wildman–Crippen MR) is 77.1 cm³/mol. The molecule has 0 aliphatic rings. The van der Waals surface area contributed by atoms with Gasteiger partial charge >= 0.3 is 0 Å². The summed E-state index contributed by atoms with van der Waals surface area (Å²) in [6.07, 6.45) is 1.15. The lowest BCUT2D eigenvalue weighted by atomic mass is 10.1. The lowest BCUT2D eigenvalue weighted by molar-refractivity contribution is -0.0229. The maximum absolute atomic E-state index is 5.76. The summed E-state index contributed by atoms with van der Waals surface area (Å²) < 4.78 is 11.1. The van der Waals surface area contributed by atoms with Gasteiger partial charge < -0.3 is 14.8 Å². The fraction of sp³-hybridized carbons (Fsp3) is 0.714. The molecular weight excluding hydrogens is 246 g/mol. The summed E-state index contributed by atoms with van der Waals surface area (Å²) in [6, 6.07) is 4.22. The van der Waals surface area contributed by atoms with Crippen LogP contribution < -0.4 is 5.32 Å². The second kappa shape index (κ2) is 7.89. The van der Waals surface area contributed by atoms with Crippen LogP contribution in [0.2, 0.25) is 0 Å². The molecule has 0 amide bonds. The SMILES string of the molecule is COC(C)(C)CCOC(C)CNCc1cccs1. The minimum atomic E-state index is -0.0931. The molecule has 1 unspecified atom stereocenters. The van der Waals surface area contributed by atoms with E-state index in [0.29, 0.717) is 0 Å². The largest absolute Gasteiger partial charge is 0.379 e. The molecule has 18 heavy (non-hydrogen) atoms. The van der Waals surface area contributed by atoms with E-state index in [1.165, 1.54) is 4.88 Å². The van der Waals surface area contributed by atoms with E-state index in [4.69, 9.17) is 9.47 Å². The molecule has 1 heterocycles. The van der Waals surface area contributed by atoms with E-state index in [1.807, 2.05) is 0 Å². The first-order chi connectivity index (χ1) is 8.53. The molecule has 3 nitrogen and oxygen atoms in total. The summed E-state index contributed by atoms with van der Waals surface area (Å²) in [5, 5.41) is 5.50. The van der Waals surface area contributed by atoms with Crippen LogP contribution in [-0.2, 0) is 16.0 Å². The van der Waals surface area contributed by atoms with E-state index in [2.05, 4.69) is 43.6 Å². The number of thiophene rings is 1. The van der Waals surface area contributed by atoms with Gasteiger partial charge in [-0.1, -0.05) is 6.07 Å². The molecule has 0 spiro atoms. The molecule has 0 aromatic carbocycles. The molecule has 0 saturated heterocycles. The molecule has 0 bridgehead atoms. The number of ether oxygens (including phenoxy) is 2. The Morgan fingerprint density at radius 3 is 2.83 bits per heavy atom. The average Bonchev–Trinajstić information content (AvgIpc) is 2.82. The van der Waals surface area contributed by atoms with Gasteiger partial charge in [0.05, 0.1) is 11.7 Å². The highest BCUT2D eigenvalue weighted by molar-refractivity contribution is 7.09. The summed E-state index contributed by atoms with van der Waals surface area (Å²) in [4.78, 5) is 1.36. The number of rotatable bonds is 9. The molecule has 0 aliphatic carbocycles. The Labute approximate surface area is 114 Å². The standard InChI is InChI=1S/C14H25NO2S/c1-12(17-8-7-14(2,3)16-4)10-15-11-13-6-5-9-18-13/h5-6,9,12,15H,7-8,10-11H2,1-4H3. The van der Waals surface area contributed by atoms with Crippen LogP contribution in [0.1, 0.15) is 32.1 Å². The van der Waals surface area contributed by atoms with Crippen molar-refractivity contribution in [3.8, 4) is 0 Å². The molecule has 104 valence electrons. The summed E-state index contributed by atoms with van der Waals surface area (Å²) in [6.45, 7) is 8.80. The highest BCUT2D eigenvalue weighted by atomic mass is 32.1. The van der Waals surface area contributed by atoms with Crippen molar-refractivity contribution in [2.45, 2.75) is 45.4 Å². The first-order valence-electron chi connectivity index (χ1n) is 6.43. The highest BCUT2D eigenvalue weighted by Crippen LogP contribution is 2.13. The minimum absolute atomic E-state index is 0.0931. The van der Waals surface area contributed by atoms with Crippen molar-refractivity contribution in [1.29, 1.82) is 0 Å². The van der Waals surface area contributed by atoms with Crippen LogP contribution in [0.5, 0.6) is 0 Å². The molecule has 1 aromatic rings. The smallest absolute Gasteiger partial charge is 0.0671 e. The lowest BCUT2D eigenvalue weighted by Gasteiger charge is -2.23. The van der Waals surface area contributed by atoms with Crippen molar-refractivity contribution >= 4 is 11.3 Å². The Kier molecular flexibility index (Phi) is 6.86. The van der Waals surface area contributed by atoms with Gasteiger partial charge in [-0.3, -0.25) is 0 Å². The van der Waals surface area contributed by atoms with Crippen molar-refractivity contribution in [1.82, 2.24) is 5.32 Å². The quantitative estimate of drug-likeness (QED) is 0.749. The summed E-state index contributed by atoms with van der Waals surface area (Å²) >= 11 is 1.78. The normalized spacial score (nSPS) is 13.8. The molecule has 4 heteroatoms. The lowest BCUT2D eigenvalue weighted by Crippen LogP contribution is -2.29. The minimum Gasteiger partial charge on any atom is -0.379 e. The van der Waals surface area contributed by atoms with E-state index in [9.17, 15) is 0 Å². The van der Waals surface area contributed by atoms with E-state index in [-0.39, 0.29) is 11.7 Å². The van der Waals surface area contributed by atoms with Crippen molar-refractivity contribution in [2.75, 3.05) is 20.3 Å². The van der Waals surface area contributed by atoms with E-state index in [0.717, 1.165) is 26.1 Å². The first kappa shape index (κ1) is 15.6. The second-order valence-corrected chi connectivity index (χ2v) is 6.14. The number of hydrogen-bond acceptors (Lipinski definition) is 4. The van der Waals surface area contributed by atoms with Gasteiger partial charge in [0, 0.05) is 31.7 Å². The predicted octanol–water partition coefficient (Wildman–Crippen LogP) is 3.06. The first-order valence-corrected chi connectivity index (χ1v) is 7.31. The molecule has 1 N–H and O–H groups in total. The molecule has 0 saturated carbocycles. The van der Waals surface area contributed by atoms with Crippen LogP contribution in [0, 0.1) is 0 Å². The van der Waals surface area contributed by atoms with Crippen LogP contribution >= 0.6 is 11.3 Å². The van der Waals surface area contributed by atoms with Crippen molar-refractivity contribution in [3.63, 3.8) is 0 Å². The Bertz CT molecular complexity index is 312. The van der Waals surface area contributed by atoms with Gasteiger partial charge in [-0.2, -0.15) is 0 Å². The molecule has 1 aromatic heterocycles. The fourth-order valence-corrected chi connectivity index (χ4v) is 2.15. The van der Waals surface area contributed by atoms with E-state index >= 15 is 0 Å². The van der Waals surface area contributed by atoms with Crippen LogP contribution in [-0.4, -0.2) is 32.0 Å². The van der Waals surface area contributed by atoms with E-state index < -0.39 is 0 Å². The number of hydrogen-bond donors (Lipinski definition) is 1. The summed E-state index contributed by atoms with van der Waals surface area (Å²) in [5.41, 5.74) is -0.0931. The zero-order valence-electron chi connectivity index (χ0n) is 11.9. The third kappa shape index (κ3) is 6.50. The van der Waals surface area contributed by atoms with E-state index in [1.54, 1.807) is 18.4 Å². The van der Waals surface area contributed by atoms with Gasteiger partial charge in [0.25, 0.3) is 0 Å². The van der Waals surface area contributed by atoms with Gasteiger partial charge in [0.15, 0.2) is 0 Å². The van der Waals surface area contributed by atoms with Gasteiger partial charge in [-0.25, -0.2) is 0 Å². The fourth-order valence-electron chi connectivity index (χ4n) is 1.48. The van der Waals surface area contributed by atoms with Crippen molar-refractivity contribution in [3.05, 3.63) is 22.4 Å². The average molecular weight is 271 g/mol. The summed E-state index contributed by atoms with van der Waals surface area (Å²) in [7, 11) is 1.74. The highest BCUT2D eigenvalue weighted by Gasteiger charge is 2.16. The van der Waals surface area contributed by atoms with Crippen LogP contribution in [0.3, 0.4) is 0 Å². The molecule has 1 atom stereocenters. The topological polar surface area (TPSA) is 30.5 Å². The van der Waals surface area contributed by atoms with Crippen molar-refractivity contribution in [2.24, 2.45) is 0 Å². The van der Waals surface area contributed by atoms with Gasteiger partial charge in [0.2, 0.25) is 0 Å². The molecule has 0 fully saturated rings. The molecule has 0 aliphatic heterocycles. The summed E-state index contributed by atoms with van der Waals surface area (Å²) in [5.74, 6) is 0. The van der Waals surface area contributed by atoms with Crippen molar-refractivity contribution < 1.29 is 9.47 Å². The monoisotopic (exact) mass is 271 g/mol.